The largest absolute Gasteiger partial charge is 0.726 e. The van der Waals surface area contributed by atoms with Crippen molar-refractivity contribution in [1.29, 1.82) is 0 Å². The van der Waals surface area contributed by atoms with E-state index >= 15 is 0 Å². The number of aromatic nitrogens is 1. The lowest BCUT2D eigenvalue weighted by atomic mass is 10.2. The molecule has 0 radical (unpaired) electrons. The number of aryl methyl sites for hydroxylation is 1. The molecule has 10 heteroatoms. The van der Waals surface area contributed by atoms with E-state index in [1.165, 1.54) is 11.3 Å². The zero-order valence-corrected chi connectivity index (χ0v) is 15.0. The zero-order valence-electron chi connectivity index (χ0n) is 13.3. The van der Waals surface area contributed by atoms with Gasteiger partial charge in [0.1, 0.15) is 11.9 Å². The van der Waals surface area contributed by atoms with Crippen molar-refractivity contribution in [3.05, 3.63) is 35.8 Å². The lowest BCUT2D eigenvalue weighted by Gasteiger charge is -2.23. The van der Waals surface area contributed by atoms with E-state index in [1.807, 2.05) is 59.3 Å². The Bertz CT molecular complexity index is 787. The van der Waals surface area contributed by atoms with E-state index in [-0.39, 0.29) is 6.61 Å². The van der Waals surface area contributed by atoms with Crippen LogP contribution in [-0.2, 0) is 21.6 Å². The summed E-state index contributed by atoms with van der Waals surface area (Å²) in [6, 6.07) is 7.36. The molecule has 2 aromatic rings. The van der Waals surface area contributed by atoms with Gasteiger partial charge in [-0.3, -0.25) is 4.18 Å². The SMILES string of the molecule is CCN(CCOS(=O)(=O)[O-])c1ccc(N=Nc2scc[n+]2C)cc1. The number of anilines is 1. The highest BCUT2D eigenvalue weighted by atomic mass is 32.3. The molecule has 0 saturated carbocycles. The standard InChI is InChI=1S/C14H18N4O4S2/c1-3-18(8-10-22-24(19,20)21)13-6-4-12(5-7-13)15-16-14-17(2)9-11-23-14/h4-7,9,11H,3,8,10H2,1-2H3. The van der Waals surface area contributed by atoms with Gasteiger partial charge in [-0.25, -0.2) is 13.0 Å². The van der Waals surface area contributed by atoms with E-state index in [0.29, 0.717) is 18.8 Å². The Balaban J connectivity index is 1.99. The van der Waals surface area contributed by atoms with Gasteiger partial charge in [0.05, 0.1) is 18.8 Å². The van der Waals surface area contributed by atoms with Crippen molar-refractivity contribution in [3.8, 4) is 0 Å². The van der Waals surface area contributed by atoms with E-state index in [1.54, 1.807) is 0 Å². The summed E-state index contributed by atoms with van der Waals surface area (Å²) in [5.74, 6) is 0. The molecule has 0 atom stereocenters. The Morgan fingerprint density at radius 3 is 2.54 bits per heavy atom. The highest BCUT2D eigenvalue weighted by molar-refractivity contribution is 7.80. The van der Waals surface area contributed by atoms with Gasteiger partial charge in [0.2, 0.25) is 10.4 Å². The minimum absolute atomic E-state index is 0.185. The van der Waals surface area contributed by atoms with Crippen LogP contribution in [0.4, 0.5) is 16.5 Å². The van der Waals surface area contributed by atoms with Gasteiger partial charge in [-0.2, -0.15) is 0 Å². The molecule has 0 saturated heterocycles. The molecule has 1 heterocycles. The Morgan fingerprint density at radius 1 is 1.29 bits per heavy atom. The number of likely N-dealkylation sites (N-methyl/N-ethyl adjacent to an activating group) is 1. The molecule has 1 aromatic carbocycles. The quantitative estimate of drug-likeness (QED) is 0.307. The third-order valence-electron chi connectivity index (χ3n) is 3.20. The monoisotopic (exact) mass is 370 g/mol. The molecular weight excluding hydrogens is 352 g/mol. The molecule has 0 N–H and O–H groups in total. The van der Waals surface area contributed by atoms with E-state index in [0.717, 1.165) is 10.8 Å². The number of hydrogen-bond acceptors (Lipinski definition) is 8. The van der Waals surface area contributed by atoms with Crippen LogP contribution >= 0.6 is 11.3 Å². The third-order valence-corrected chi connectivity index (χ3v) is 4.49. The summed E-state index contributed by atoms with van der Waals surface area (Å²) in [5.41, 5.74) is 1.59. The first-order valence-corrected chi connectivity index (χ1v) is 9.40. The maximum absolute atomic E-state index is 10.5. The van der Waals surface area contributed by atoms with E-state index in [4.69, 9.17) is 0 Å². The van der Waals surface area contributed by atoms with E-state index in [2.05, 4.69) is 14.4 Å². The first-order chi connectivity index (χ1) is 11.4. The molecule has 2 rings (SSSR count). The Labute approximate surface area is 145 Å². The predicted octanol–water partition coefficient (Wildman–Crippen LogP) is 2.29. The van der Waals surface area contributed by atoms with Gasteiger partial charge >= 0.3 is 5.13 Å². The highest BCUT2D eigenvalue weighted by Gasteiger charge is 2.08. The van der Waals surface area contributed by atoms with Crippen LogP contribution < -0.4 is 9.47 Å². The molecule has 1 aromatic heterocycles. The van der Waals surface area contributed by atoms with Crippen LogP contribution in [0.15, 0.2) is 46.1 Å². The molecule has 0 spiro atoms. The zero-order chi connectivity index (χ0) is 17.6. The van der Waals surface area contributed by atoms with Crippen molar-refractivity contribution in [3.63, 3.8) is 0 Å². The summed E-state index contributed by atoms with van der Waals surface area (Å²) < 4.78 is 37.5. The van der Waals surface area contributed by atoms with Gasteiger partial charge in [-0.15, -0.1) is 0 Å². The molecular formula is C14H18N4O4S2. The Hall–Kier alpha value is -1.88. The van der Waals surface area contributed by atoms with Crippen molar-refractivity contribution < 1.29 is 21.7 Å². The topological polar surface area (TPSA) is 98.3 Å². The molecule has 0 aliphatic heterocycles. The van der Waals surface area contributed by atoms with Crippen LogP contribution in [0.2, 0.25) is 0 Å². The summed E-state index contributed by atoms with van der Waals surface area (Å²) in [6.07, 6.45) is 1.91. The molecule has 0 amide bonds. The summed E-state index contributed by atoms with van der Waals surface area (Å²) in [6.45, 7) is 2.68. The van der Waals surface area contributed by atoms with Crippen LogP contribution in [0.25, 0.3) is 0 Å². The first-order valence-electron chi connectivity index (χ1n) is 7.19. The first kappa shape index (κ1) is 18.5. The Morgan fingerprint density at radius 2 is 2.00 bits per heavy atom. The van der Waals surface area contributed by atoms with Gasteiger partial charge in [0.25, 0.3) is 0 Å². The highest BCUT2D eigenvalue weighted by Crippen LogP contribution is 2.22. The molecule has 0 unspecified atom stereocenters. The minimum atomic E-state index is -4.65. The molecule has 0 aliphatic rings. The maximum Gasteiger partial charge on any atom is 0.408 e. The third kappa shape index (κ3) is 5.64. The van der Waals surface area contributed by atoms with Gasteiger partial charge in [0.15, 0.2) is 0 Å². The molecule has 0 fully saturated rings. The lowest BCUT2D eigenvalue weighted by Crippen LogP contribution is -2.27. The molecule has 8 nitrogen and oxygen atoms in total. The average Bonchev–Trinajstić information content (AvgIpc) is 2.94. The number of benzene rings is 1. The fourth-order valence-corrected chi connectivity index (χ4v) is 2.93. The number of thiazole rings is 1. The minimum Gasteiger partial charge on any atom is -0.726 e. The summed E-state index contributed by atoms with van der Waals surface area (Å²) in [5, 5.41) is 11.1. The van der Waals surface area contributed by atoms with E-state index in [9.17, 15) is 13.0 Å². The average molecular weight is 370 g/mol. The van der Waals surface area contributed by atoms with Crippen molar-refractivity contribution in [2.75, 3.05) is 24.6 Å². The van der Waals surface area contributed by atoms with Crippen LogP contribution in [0.1, 0.15) is 6.92 Å². The predicted molar refractivity (Wildman–Crippen MR) is 89.6 cm³/mol. The van der Waals surface area contributed by atoms with Gasteiger partial charge in [-0.1, -0.05) is 0 Å². The molecule has 0 aliphatic carbocycles. The number of hydrogen-bond donors (Lipinski definition) is 0. The van der Waals surface area contributed by atoms with Crippen LogP contribution in [-0.4, -0.2) is 32.7 Å². The van der Waals surface area contributed by atoms with Gasteiger partial charge in [0, 0.05) is 24.2 Å². The maximum atomic E-state index is 10.5. The van der Waals surface area contributed by atoms with Crippen LogP contribution in [0.3, 0.4) is 0 Å². The number of nitrogens with zero attached hydrogens (tertiary/aromatic N) is 4. The fraction of sp³-hybridized carbons (Fsp3) is 0.357. The lowest BCUT2D eigenvalue weighted by molar-refractivity contribution is -0.654. The van der Waals surface area contributed by atoms with Crippen molar-refractivity contribution in [1.82, 2.24) is 0 Å². The van der Waals surface area contributed by atoms with Crippen molar-refractivity contribution in [2.45, 2.75) is 6.92 Å². The van der Waals surface area contributed by atoms with Crippen LogP contribution in [0.5, 0.6) is 0 Å². The second-order valence-corrected chi connectivity index (χ2v) is 6.75. The Kier molecular flexibility index (Phi) is 6.37. The van der Waals surface area contributed by atoms with Crippen molar-refractivity contribution in [2.24, 2.45) is 17.3 Å². The molecule has 130 valence electrons. The number of rotatable bonds is 8. The smallest absolute Gasteiger partial charge is 0.408 e. The van der Waals surface area contributed by atoms with E-state index < -0.39 is 10.4 Å². The summed E-state index contributed by atoms with van der Waals surface area (Å²) in [7, 11) is -2.75. The van der Waals surface area contributed by atoms with Crippen LogP contribution in [0, 0.1) is 0 Å². The second kappa shape index (κ2) is 8.29. The number of azo groups is 1. The second-order valence-electron chi connectivity index (χ2n) is 4.82. The van der Waals surface area contributed by atoms with Gasteiger partial charge < -0.3 is 9.45 Å². The molecule has 0 bridgehead atoms. The summed E-state index contributed by atoms with van der Waals surface area (Å²) >= 11 is 1.50. The normalized spacial score (nSPS) is 12.0. The molecule has 24 heavy (non-hydrogen) atoms. The van der Waals surface area contributed by atoms with Gasteiger partial charge in [-0.05, 0) is 47.6 Å². The fourth-order valence-electron chi connectivity index (χ4n) is 1.97. The van der Waals surface area contributed by atoms with Crippen molar-refractivity contribution >= 4 is 38.2 Å². The summed E-state index contributed by atoms with van der Waals surface area (Å²) in [4.78, 5) is 1.89.